The lowest BCUT2D eigenvalue weighted by atomic mass is 10.1. The van der Waals surface area contributed by atoms with Crippen LogP contribution in [0.2, 0.25) is 0 Å². The molecule has 5 nitrogen and oxygen atoms in total. The number of rotatable bonds is 4. The summed E-state index contributed by atoms with van der Waals surface area (Å²) in [7, 11) is 0. The lowest BCUT2D eigenvalue weighted by Gasteiger charge is -2.36. The van der Waals surface area contributed by atoms with Crippen LogP contribution in [0.15, 0.2) is 54.7 Å². The molecule has 1 aromatic heterocycles. The fourth-order valence-corrected chi connectivity index (χ4v) is 3.52. The van der Waals surface area contributed by atoms with Crippen LogP contribution in [0.5, 0.6) is 0 Å². The van der Waals surface area contributed by atoms with E-state index in [0.29, 0.717) is 0 Å². The van der Waals surface area contributed by atoms with E-state index in [0.717, 1.165) is 38.4 Å². The number of H-pyrrole nitrogens is 1. The predicted molar refractivity (Wildman–Crippen MR) is 95.6 cm³/mol. The topological polar surface area (TPSA) is 59.1 Å². The number of nitrogens with zero attached hydrogens (tertiary/aromatic N) is 2. The Bertz CT molecular complexity index is 821. The number of hydrogen-bond donors (Lipinski definition) is 3. The molecule has 0 atom stereocenters. The maximum Gasteiger partial charge on any atom is 0.162 e. The first-order valence-corrected chi connectivity index (χ1v) is 8.43. The van der Waals surface area contributed by atoms with Crippen LogP contribution in [0.1, 0.15) is 5.56 Å². The standard InChI is InChI=1S/C19H22N4O/c24-21-16-4-1-3-15(13-16)14-22-9-11-23(12-10-22)19-6-2-5-18-17(19)7-8-20-18/h1-8,13,20-21,24H,9-12,14H2/p+1. The Morgan fingerprint density at radius 3 is 2.67 bits per heavy atom. The number of aromatic nitrogens is 1. The van der Waals surface area contributed by atoms with Gasteiger partial charge in [0, 0.05) is 67.6 Å². The molecule has 0 unspecified atom stereocenters. The van der Waals surface area contributed by atoms with Crippen molar-refractivity contribution in [3.8, 4) is 0 Å². The van der Waals surface area contributed by atoms with Crippen molar-refractivity contribution in [2.75, 3.05) is 31.1 Å². The Kier molecular flexibility index (Phi) is 4.21. The van der Waals surface area contributed by atoms with Gasteiger partial charge in [-0.25, -0.2) is 5.21 Å². The van der Waals surface area contributed by atoms with Gasteiger partial charge in [-0.1, -0.05) is 18.2 Å². The van der Waals surface area contributed by atoms with E-state index in [4.69, 9.17) is 5.21 Å². The van der Waals surface area contributed by atoms with Gasteiger partial charge >= 0.3 is 0 Å². The molecule has 4 rings (SSSR count). The molecule has 0 radical (unpaired) electrons. The van der Waals surface area contributed by atoms with Gasteiger partial charge in [0.25, 0.3) is 0 Å². The number of nitrogens with one attached hydrogen (secondary N) is 1. The Labute approximate surface area is 141 Å². The predicted octanol–water partition coefficient (Wildman–Crippen LogP) is 2.07. The second kappa shape index (κ2) is 6.65. The zero-order chi connectivity index (χ0) is 16.4. The van der Waals surface area contributed by atoms with Crippen molar-refractivity contribution in [2.45, 2.75) is 6.54 Å². The molecule has 2 heterocycles. The molecule has 0 saturated carbocycles. The molecule has 0 amide bonds. The highest BCUT2D eigenvalue weighted by Crippen LogP contribution is 2.27. The third-order valence-electron chi connectivity index (χ3n) is 4.79. The maximum absolute atomic E-state index is 9.15. The van der Waals surface area contributed by atoms with E-state index in [1.807, 2.05) is 24.4 Å². The average Bonchev–Trinajstić information content (AvgIpc) is 3.11. The Balaban J connectivity index is 1.42. The Hall–Kier alpha value is -2.34. The van der Waals surface area contributed by atoms with Gasteiger partial charge in [0.1, 0.15) is 0 Å². The lowest BCUT2D eigenvalue weighted by molar-refractivity contribution is -0.825. The summed E-state index contributed by atoms with van der Waals surface area (Å²) in [4.78, 5) is 8.24. The summed E-state index contributed by atoms with van der Waals surface area (Å²) in [6.45, 7) is 5.11. The van der Waals surface area contributed by atoms with Crippen molar-refractivity contribution in [3.05, 3.63) is 60.3 Å². The summed E-state index contributed by atoms with van der Waals surface area (Å²) in [5.41, 5.74) is 5.81. The lowest BCUT2D eigenvalue weighted by Crippen LogP contribution is -2.73. The van der Waals surface area contributed by atoms with E-state index in [9.17, 15) is 0 Å². The first kappa shape index (κ1) is 15.2. The molecule has 1 saturated heterocycles. The summed E-state index contributed by atoms with van der Waals surface area (Å²) in [6, 6.07) is 16.7. The third-order valence-corrected chi connectivity index (χ3v) is 4.79. The molecule has 0 aliphatic carbocycles. The first-order valence-electron chi connectivity index (χ1n) is 8.43. The normalized spacial score (nSPS) is 16.0. The minimum Gasteiger partial charge on any atom is -0.368 e. The summed E-state index contributed by atoms with van der Waals surface area (Å²) >= 11 is 0. The van der Waals surface area contributed by atoms with Crippen LogP contribution in [-0.4, -0.2) is 41.3 Å². The van der Waals surface area contributed by atoms with Gasteiger partial charge in [-0.2, -0.15) is 5.48 Å². The molecule has 1 aliphatic heterocycles. The second-order valence-corrected chi connectivity index (χ2v) is 6.35. The molecule has 0 bridgehead atoms. The monoisotopic (exact) mass is 323 g/mol. The SMILES string of the molecule is O[NH2+]c1cccc(CN2CCN(c3cccc4[nH]ccc34)CC2)c1. The number of nitrogens with two attached hydrogens (primary N) is 1. The van der Waals surface area contributed by atoms with Crippen molar-refractivity contribution in [3.63, 3.8) is 0 Å². The summed E-state index contributed by atoms with van der Waals surface area (Å²) in [5.74, 6) is 0. The number of piperazine rings is 1. The second-order valence-electron chi connectivity index (χ2n) is 6.35. The van der Waals surface area contributed by atoms with Crippen molar-refractivity contribution >= 4 is 22.3 Å². The van der Waals surface area contributed by atoms with Gasteiger partial charge in [-0.15, -0.1) is 0 Å². The molecule has 4 N–H and O–H groups in total. The number of hydrogen-bond acceptors (Lipinski definition) is 3. The molecule has 0 spiro atoms. The number of fused-ring (bicyclic) bond motifs is 1. The highest BCUT2D eigenvalue weighted by atomic mass is 16.5. The smallest absolute Gasteiger partial charge is 0.162 e. The summed E-state index contributed by atoms with van der Waals surface area (Å²) < 4.78 is 0. The number of anilines is 1. The molecule has 1 fully saturated rings. The highest BCUT2D eigenvalue weighted by Gasteiger charge is 2.19. The largest absolute Gasteiger partial charge is 0.368 e. The fourth-order valence-electron chi connectivity index (χ4n) is 3.52. The van der Waals surface area contributed by atoms with E-state index >= 15 is 0 Å². The van der Waals surface area contributed by atoms with Crippen molar-refractivity contribution < 1.29 is 10.7 Å². The van der Waals surface area contributed by atoms with Gasteiger partial charge in [0.15, 0.2) is 5.69 Å². The van der Waals surface area contributed by atoms with Crippen LogP contribution >= 0.6 is 0 Å². The molecular weight excluding hydrogens is 300 g/mol. The molecule has 2 aromatic carbocycles. The molecule has 124 valence electrons. The van der Waals surface area contributed by atoms with Crippen molar-refractivity contribution in [1.82, 2.24) is 9.88 Å². The van der Waals surface area contributed by atoms with Crippen LogP contribution in [0.3, 0.4) is 0 Å². The average molecular weight is 323 g/mol. The van der Waals surface area contributed by atoms with E-state index in [2.05, 4.69) is 45.1 Å². The number of quaternary nitrogens is 1. The van der Waals surface area contributed by atoms with Crippen LogP contribution in [0.4, 0.5) is 11.4 Å². The minimum atomic E-state index is 0.866. The van der Waals surface area contributed by atoms with Gasteiger partial charge < -0.3 is 9.88 Å². The molecular formula is C19H23N4O+. The summed E-state index contributed by atoms with van der Waals surface area (Å²) in [5, 5.41) is 10.5. The van der Waals surface area contributed by atoms with Gasteiger partial charge in [0.05, 0.1) is 0 Å². The summed E-state index contributed by atoms with van der Waals surface area (Å²) in [6.07, 6.45) is 2.01. The molecule has 5 heteroatoms. The Morgan fingerprint density at radius 2 is 1.83 bits per heavy atom. The van der Waals surface area contributed by atoms with Crippen LogP contribution in [0.25, 0.3) is 10.9 Å². The Morgan fingerprint density at radius 1 is 1.00 bits per heavy atom. The zero-order valence-corrected chi connectivity index (χ0v) is 13.7. The first-order chi connectivity index (χ1) is 11.8. The number of aromatic amines is 1. The molecule has 3 aromatic rings. The quantitative estimate of drug-likeness (QED) is 0.509. The molecule has 24 heavy (non-hydrogen) atoms. The van der Waals surface area contributed by atoms with Crippen molar-refractivity contribution in [2.24, 2.45) is 0 Å². The van der Waals surface area contributed by atoms with Crippen LogP contribution in [0, 0.1) is 0 Å². The van der Waals surface area contributed by atoms with Crippen LogP contribution < -0.4 is 10.4 Å². The van der Waals surface area contributed by atoms with Gasteiger partial charge in [0.2, 0.25) is 0 Å². The van der Waals surface area contributed by atoms with Gasteiger partial charge in [-0.05, 0) is 23.8 Å². The minimum absolute atomic E-state index is 0.866. The third kappa shape index (κ3) is 3.01. The zero-order valence-electron chi connectivity index (χ0n) is 13.7. The van der Waals surface area contributed by atoms with E-state index in [-0.39, 0.29) is 0 Å². The maximum atomic E-state index is 9.15. The molecule has 1 aliphatic rings. The van der Waals surface area contributed by atoms with E-state index < -0.39 is 0 Å². The fraction of sp³-hybridized carbons (Fsp3) is 0.263. The highest BCUT2D eigenvalue weighted by molar-refractivity contribution is 5.92. The van der Waals surface area contributed by atoms with E-state index in [1.165, 1.54) is 27.6 Å². The van der Waals surface area contributed by atoms with Crippen molar-refractivity contribution in [1.29, 1.82) is 0 Å². The van der Waals surface area contributed by atoms with E-state index in [1.54, 1.807) is 0 Å². The van der Waals surface area contributed by atoms with Crippen LogP contribution in [-0.2, 0) is 6.54 Å². The van der Waals surface area contributed by atoms with Gasteiger partial charge in [-0.3, -0.25) is 4.90 Å². The number of benzene rings is 2.